The molecule has 0 bridgehead atoms. The molecule has 1 rings (SSSR count). The van der Waals surface area contributed by atoms with Gasteiger partial charge in [0.1, 0.15) is 0 Å². The number of halogens is 2. The van der Waals surface area contributed by atoms with Crippen LogP contribution < -0.4 is 11.1 Å². The topological polar surface area (TPSA) is 55.1 Å². The first-order valence-electron chi connectivity index (χ1n) is 5.47. The summed E-state index contributed by atoms with van der Waals surface area (Å²) in [5.74, 6) is -1.00. The summed E-state index contributed by atoms with van der Waals surface area (Å²) in [6.07, 6.45) is 0.784. The third-order valence-electron chi connectivity index (χ3n) is 2.77. The molecule has 1 amide bonds. The molecule has 2 atom stereocenters. The number of benzene rings is 1. The lowest BCUT2D eigenvalue weighted by molar-refractivity contribution is -0.118. The van der Waals surface area contributed by atoms with Gasteiger partial charge in [-0.25, -0.2) is 4.39 Å². The number of nitrogens with two attached hydrogens (primary N) is 1. The molecule has 0 aliphatic rings. The molecule has 0 radical (unpaired) electrons. The van der Waals surface area contributed by atoms with Crippen molar-refractivity contribution < 1.29 is 9.18 Å². The van der Waals surface area contributed by atoms with Crippen molar-refractivity contribution in [1.29, 1.82) is 0 Å². The van der Waals surface area contributed by atoms with Crippen LogP contribution in [0.2, 0.25) is 5.02 Å². The van der Waals surface area contributed by atoms with E-state index in [0.29, 0.717) is 0 Å². The maximum Gasteiger partial charge on any atom is 0.241 e. The molecule has 3 nitrogen and oxygen atoms in total. The number of rotatable bonds is 4. The van der Waals surface area contributed by atoms with Crippen LogP contribution in [0.5, 0.6) is 0 Å². The molecular weight excluding hydrogens is 243 g/mol. The van der Waals surface area contributed by atoms with Crippen molar-refractivity contribution in [3.63, 3.8) is 0 Å². The van der Waals surface area contributed by atoms with E-state index in [4.69, 9.17) is 17.3 Å². The molecule has 1 unspecified atom stereocenters. The number of hydrogen-bond donors (Lipinski definition) is 2. The summed E-state index contributed by atoms with van der Waals surface area (Å²) in [6.45, 7) is 3.82. The van der Waals surface area contributed by atoms with Crippen LogP contribution in [0, 0.1) is 11.7 Å². The third-order valence-corrected chi connectivity index (χ3v) is 3.06. The minimum atomic E-state index is -0.654. The Hall–Kier alpha value is -1.13. The van der Waals surface area contributed by atoms with E-state index in [9.17, 15) is 9.18 Å². The number of carbonyl (C=O) groups is 1. The number of anilines is 1. The van der Waals surface area contributed by atoms with E-state index in [1.807, 2.05) is 13.8 Å². The van der Waals surface area contributed by atoms with Gasteiger partial charge in [-0.1, -0.05) is 37.9 Å². The van der Waals surface area contributed by atoms with E-state index in [1.54, 1.807) is 6.07 Å². The van der Waals surface area contributed by atoms with Crippen molar-refractivity contribution in [3.8, 4) is 0 Å². The smallest absolute Gasteiger partial charge is 0.241 e. The molecule has 0 aliphatic carbocycles. The van der Waals surface area contributed by atoms with Crippen LogP contribution in [-0.4, -0.2) is 11.9 Å². The second kappa shape index (κ2) is 5.98. The predicted molar refractivity (Wildman–Crippen MR) is 67.5 cm³/mol. The van der Waals surface area contributed by atoms with Gasteiger partial charge in [-0.2, -0.15) is 0 Å². The Balaban J connectivity index is 2.78. The first-order chi connectivity index (χ1) is 7.97. The maximum atomic E-state index is 13.5. The van der Waals surface area contributed by atoms with E-state index < -0.39 is 17.8 Å². The van der Waals surface area contributed by atoms with Crippen molar-refractivity contribution in [2.24, 2.45) is 11.7 Å². The van der Waals surface area contributed by atoms with Crippen molar-refractivity contribution in [3.05, 3.63) is 29.0 Å². The minimum Gasteiger partial charge on any atom is -0.322 e. The van der Waals surface area contributed by atoms with Gasteiger partial charge in [0.05, 0.1) is 16.8 Å². The fourth-order valence-electron chi connectivity index (χ4n) is 1.33. The molecule has 3 N–H and O–H groups in total. The van der Waals surface area contributed by atoms with Gasteiger partial charge in [0.2, 0.25) is 5.91 Å². The third kappa shape index (κ3) is 3.41. The number of carbonyl (C=O) groups excluding carboxylic acids is 1. The van der Waals surface area contributed by atoms with E-state index in [0.717, 1.165) is 6.42 Å². The zero-order valence-corrected chi connectivity index (χ0v) is 10.6. The van der Waals surface area contributed by atoms with Crippen LogP contribution in [0.3, 0.4) is 0 Å². The van der Waals surface area contributed by atoms with Gasteiger partial charge in [-0.15, -0.1) is 0 Å². The van der Waals surface area contributed by atoms with Gasteiger partial charge in [0.25, 0.3) is 0 Å². The van der Waals surface area contributed by atoms with Gasteiger partial charge in [0, 0.05) is 0 Å². The van der Waals surface area contributed by atoms with Crippen LogP contribution in [0.1, 0.15) is 20.3 Å². The summed E-state index contributed by atoms with van der Waals surface area (Å²) in [6, 6.07) is 3.78. The highest BCUT2D eigenvalue weighted by Crippen LogP contribution is 2.22. The van der Waals surface area contributed by atoms with Gasteiger partial charge >= 0.3 is 0 Å². The first kappa shape index (κ1) is 13.9. The van der Waals surface area contributed by atoms with Gasteiger partial charge < -0.3 is 11.1 Å². The maximum absolute atomic E-state index is 13.5. The van der Waals surface area contributed by atoms with Gasteiger partial charge in [-0.3, -0.25) is 4.79 Å². The predicted octanol–water partition coefficient (Wildman–Crippen LogP) is 2.79. The van der Waals surface area contributed by atoms with Gasteiger partial charge in [-0.05, 0) is 18.1 Å². The van der Waals surface area contributed by atoms with Crippen molar-refractivity contribution in [2.75, 3.05) is 5.32 Å². The molecule has 0 aromatic heterocycles. The Bertz CT molecular complexity index is 411. The standard InChI is InChI=1S/C12H16ClFN2O/c1-3-7(2)11(15)12(17)16-9-6-4-5-8(13)10(9)14/h4-7,11H,3,15H2,1-2H3,(H,16,17)/t7?,11-/m0/s1. The first-order valence-corrected chi connectivity index (χ1v) is 5.85. The molecule has 0 saturated carbocycles. The van der Waals surface area contributed by atoms with Crippen LogP contribution in [0.25, 0.3) is 0 Å². The minimum absolute atomic E-state index is 0.0279. The molecule has 0 spiro atoms. The molecule has 1 aromatic rings. The Kier molecular flexibility index (Phi) is 4.90. The largest absolute Gasteiger partial charge is 0.322 e. The SMILES string of the molecule is CCC(C)[C@H](N)C(=O)Nc1cccc(Cl)c1F. The fourth-order valence-corrected chi connectivity index (χ4v) is 1.50. The molecule has 94 valence electrons. The van der Waals surface area contributed by atoms with E-state index in [2.05, 4.69) is 5.32 Å². The lowest BCUT2D eigenvalue weighted by Gasteiger charge is -2.18. The molecule has 0 aliphatic heterocycles. The Morgan fingerprint density at radius 1 is 1.59 bits per heavy atom. The van der Waals surface area contributed by atoms with E-state index in [-0.39, 0.29) is 16.6 Å². The summed E-state index contributed by atoms with van der Waals surface area (Å²) >= 11 is 5.61. The Labute approximate surface area is 105 Å². The number of amides is 1. The summed E-state index contributed by atoms with van der Waals surface area (Å²) < 4.78 is 13.5. The quantitative estimate of drug-likeness (QED) is 0.873. The lowest BCUT2D eigenvalue weighted by Crippen LogP contribution is -2.40. The zero-order valence-electron chi connectivity index (χ0n) is 9.84. The second-order valence-corrected chi connectivity index (χ2v) is 4.41. The highest BCUT2D eigenvalue weighted by Gasteiger charge is 2.20. The van der Waals surface area contributed by atoms with Crippen LogP contribution >= 0.6 is 11.6 Å². The van der Waals surface area contributed by atoms with Crippen molar-refractivity contribution >= 4 is 23.2 Å². The number of nitrogens with one attached hydrogen (secondary N) is 1. The normalized spacial score (nSPS) is 14.2. The molecule has 1 aromatic carbocycles. The van der Waals surface area contributed by atoms with Crippen LogP contribution in [-0.2, 0) is 4.79 Å². The molecule has 5 heteroatoms. The zero-order chi connectivity index (χ0) is 13.0. The Morgan fingerprint density at radius 3 is 2.82 bits per heavy atom. The highest BCUT2D eigenvalue weighted by atomic mass is 35.5. The second-order valence-electron chi connectivity index (χ2n) is 4.00. The highest BCUT2D eigenvalue weighted by molar-refractivity contribution is 6.31. The lowest BCUT2D eigenvalue weighted by atomic mass is 9.99. The summed E-state index contributed by atoms with van der Waals surface area (Å²) in [5.41, 5.74) is 5.80. The van der Waals surface area contributed by atoms with Gasteiger partial charge in [0.15, 0.2) is 5.82 Å². The summed E-state index contributed by atoms with van der Waals surface area (Å²) in [4.78, 5) is 11.7. The average Bonchev–Trinajstić information content (AvgIpc) is 2.32. The molecule has 0 saturated heterocycles. The monoisotopic (exact) mass is 258 g/mol. The molecule has 0 fully saturated rings. The fraction of sp³-hybridized carbons (Fsp3) is 0.417. The van der Waals surface area contributed by atoms with Crippen molar-refractivity contribution in [2.45, 2.75) is 26.3 Å². The molecular formula is C12H16ClFN2O. The van der Waals surface area contributed by atoms with Crippen LogP contribution in [0.15, 0.2) is 18.2 Å². The number of hydrogen-bond acceptors (Lipinski definition) is 2. The summed E-state index contributed by atoms with van der Waals surface area (Å²) in [7, 11) is 0. The molecule has 17 heavy (non-hydrogen) atoms. The molecule has 0 heterocycles. The van der Waals surface area contributed by atoms with Crippen LogP contribution in [0.4, 0.5) is 10.1 Å². The summed E-state index contributed by atoms with van der Waals surface area (Å²) in [5, 5.41) is 2.41. The Morgan fingerprint density at radius 2 is 2.24 bits per heavy atom. The van der Waals surface area contributed by atoms with E-state index in [1.165, 1.54) is 12.1 Å². The average molecular weight is 259 g/mol. The van der Waals surface area contributed by atoms with Crippen molar-refractivity contribution in [1.82, 2.24) is 0 Å². The van der Waals surface area contributed by atoms with E-state index >= 15 is 0 Å².